The van der Waals surface area contributed by atoms with Crippen molar-refractivity contribution >= 4 is 27.2 Å². The van der Waals surface area contributed by atoms with E-state index in [2.05, 4.69) is 11.8 Å². The fraction of sp³-hybridized carbons (Fsp3) is 0.923. The lowest BCUT2D eigenvalue weighted by molar-refractivity contribution is 0.161. The van der Waals surface area contributed by atoms with E-state index in [1.54, 1.807) is 25.1 Å². The van der Waals surface area contributed by atoms with Crippen LogP contribution >= 0.6 is 12.2 Å². The van der Waals surface area contributed by atoms with E-state index in [0.29, 0.717) is 31.2 Å². The fourth-order valence-corrected chi connectivity index (χ4v) is 4.11. The summed E-state index contributed by atoms with van der Waals surface area (Å²) >= 11 is 5.13. The summed E-state index contributed by atoms with van der Waals surface area (Å²) in [6, 6.07) is 0.0921. The van der Waals surface area contributed by atoms with Gasteiger partial charge in [-0.25, -0.2) is 8.42 Å². The minimum atomic E-state index is -3.24. The highest BCUT2D eigenvalue weighted by atomic mass is 32.2. The zero-order valence-corrected chi connectivity index (χ0v) is 14.6. The van der Waals surface area contributed by atoms with Crippen LogP contribution in [0.25, 0.3) is 0 Å². The molecule has 1 saturated heterocycles. The smallest absolute Gasteiger partial charge is 0.219 e. The summed E-state index contributed by atoms with van der Waals surface area (Å²) in [5.41, 5.74) is 5.80. The predicted octanol–water partition coefficient (Wildman–Crippen LogP) is 1.19. The lowest BCUT2D eigenvalue weighted by Gasteiger charge is -2.40. The van der Waals surface area contributed by atoms with Crippen molar-refractivity contribution in [3.63, 3.8) is 0 Å². The largest absolute Gasteiger partial charge is 0.392 e. The molecular formula is C13H27N3O2S2. The highest BCUT2D eigenvalue weighted by molar-refractivity contribution is 7.90. The van der Waals surface area contributed by atoms with E-state index < -0.39 is 14.8 Å². The van der Waals surface area contributed by atoms with Gasteiger partial charge in [0, 0.05) is 26.2 Å². The first-order chi connectivity index (χ1) is 9.11. The highest BCUT2D eigenvalue weighted by Gasteiger charge is 2.37. The molecule has 0 aromatic carbocycles. The molecule has 0 aromatic heterocycles. The number of sulfonamides is 1. The van der Waals surface area contributed by atoms with Gasteiger partial charge in [0.1, 0.15) is 0 Å². The topological polar surface area (TPSA) is 66.6 Å². The van der Waals surface area contributed by atoms with E-state index in [1.807, 2.05) is 0 Å². The van der Waals surface area contributed by atoms with Gasteiger partial charge in [-0.1, -0.05) is 25.6 Å². The Hall–Kier alpha value is -0.240. The van der Waals surface area contributed by atoms with Gasteiger partial charge in [0.25, 0.3) is 0 Å². The summed E-state index contributed by atoms with van der Waals surface area (Å²) in [5.74, 6) is 0. The number of hydrogen-bond acceptors (Lipinski definition) is 4. The van der Waals surface area contributed by atoms with Crippen LogP contribution in [0.3, 0.4) is 0 Å². The third kappa shape index (κ3) is 3.90. The monoisotopic (exact) mass is 321 g/mol. The molecule has 1 fully saturated rings. The molecule has 1 aliphatic rings. The van der Waals surface area contributed by atoms with E-state index >= 15 is 0 Å². The first kappa shape index (κ1) is 17.8. The van der Waals surface area contributed by atoms with Crippen molar-refractivity contribution in [1.29, 1.82) is 0 Å². The van der Waals surface area contributed by atoms with E-state index in [0.717, 1.165) is 12.8 Å². The standard InChI is InChI=1S/C13H27N3O2S2/c1-5-6-11(12(14)19)15-7-9-16(10-8-15)20(17,18)13(2,3)4/h11H,5-10H2,1-4H3,(H2,14,19). The molecular weight excluding hydrogens is 294 g/mol. The molecule has 1 unspecified atom stereocenters. The Bertz CT molecular complexity index is 435. The van der Waals surface area contributed by atoms with Crippen LogP contribution in [-0.2, 0) is 10.0 Å². The number of nitrogens with two attached hydrogens (primary N) is 1. The summed E-state index contributed by atoms with van der Waals surface area (Å²) in [6.07, 6.45) is 1.95. The number of thiocarbonyl (C=S) groups is 1. The molecule has 20 heavy (non-hydrogen) atoms. The van der Waals surface area contributed by atoms with Crippen LogP contribution in [0.5, 0.6) is 0 Å². The number of nitrogens with zero attached hydrogens (tertiary/aromatic N) is 2. The Morgan fingerprint density at radius 2 is 1.75 bits per heavy atom. The summed E-state index contributed by atoms with van der Waals surface area (Å²) in [5, 5.41) is 0. The molecule has 1 rings (SSSR count). The van der Waals surface area contributed by atoms with Crippen molar-refractivity contribution in [3.05, 3.63) is 0 Å². The molecule has 0 spiro atoms. The van der Waals surface area contributed by atoms with Crippen LogP contribution in [0.1, 0.15) is 40.5 Å². The molecule has 1 aliphatic heterocycles. The van der Waals surface area contributed by atoms with Gasteiger partial charge in [0.05, 0.1) is 15.8 Å². The zero-order chi connectivity index (χ0) is 15.6. The first-order valence-electron chi connectivity index (χ1n) is 7.14. The Kier molecular flexibility index (Phi) is 5.95. The molecule has 0 amide bonds. The summed E-state index contributed by atoms with van der Waals surface area (Å²) in [4.78, 5) is 2.72. The van der Waals surface area contributed by atoms with E-state index in [1.165, 1.54) is 0 Å². The van der Waals surface area contributed by atoms with Crippen LogP contribution in [-0.4, -0.2) is 59.6 Å². The second kappa shape index (κ2) is 6.68. The van der Waals surface area contributed by atoms with Gasteiger partial charge in [-0.2, -0.15) is 4.31 Å². The van der Waals surface area contributed by atoms with Gasteiger partial charge in [-0.3, -0.25) is 4.90 Å². The first-order valence-corrected chi connectivity index (χ1v) is 8.99. The third-order valence-corrected chi connectivity index (χ3v) is 6.58. The van der Waals surface area contributed by atoms with Crippen molar-refractivity contribution in [2.24, 2.45) is 5.73 Å². The fourth-order valence-electron chi connectivity index (χ4n) is 2.42. The normalized spacial score (nSPS) is 20.8. The second-order valence-corrected chi connectivity index (χ2v) is 9.42. The van der Waals surface area contributed by atoms with Crippen LogP contribution in [0.4, 0.5) is 0 Å². The molecule has 0 aliphatic carbocycles. The summed E-state index contributed by atoms with van der Waals surface area (Å²) < 4.78 is 25.6. The van der Waals surface area contributed by atoms with Gasteiger partial charge in [-0.05, 0) is 27.2 Å². The average molecular weight is 322 g/mol. The van der Waals surface area contributed by atoms with Crippen LogP contribution in [0, 0.1) is 0 Å². The molecule has 5 nitrogen and oxygen atoms in total. The summed E-state index contributed by atoms with van der Waals surface area (Å²) in [6.45, 7) is 9.74. The Balaban J connectivity index is 2.71. The third-order valence-electron chi connectivity index (χ3n) is 3.72. The molecule has 2 N–H and O–H groups in total. The Morgan fingerprint density at radius 1 is 1.25 bits per heavy atom. The maximum Gasteiger partial charge on any atom is 0.219 e. The lowest BCUT2D eigenvalue weighted by Crippen LogP contribution is -2.56. The minimum absolute atomic E-state index is 0.0921. The predicted molar refractivity (Wildman–Crippen MR) is 87.3 cm³/mol. The van der Waals surface area contributed by atoms with Gasteiger partial charge in [-0.15, -0.1) is 0 Å². The second-order valence-electron chi connectivity index (χ2n) is 6.26. The van der Waals surface area contributed by atoms with Crippen LogP contribution in [0.15, 0.2) is 0 Å². The van der Waals surface area contributed by atoms with Crippen molar-refractivity contribution in [3.8, 4) is 0 Å². The molecule has 1 heterocycles. The molecule has 7 heteroatoms. The van der Waals surface area contributed by atoms with E-state index in [4.69, 9.17) is 18.0 Å². The van der Waals surface area contributed by atoms with Crippen LogP contribution < -0.4 is 5.73 Å². The molecule has 0 radical (unpaired) electrons. The van der Waals surface area contributed by atoms with Crippen molar-refractivity contribution in [2.75, 3.05) is 26.2 Å². The van der Waals surface area contributed by atoms with Gasteiger partial charge in [0.2, 0.25) is 10.0 Å². The van der Waals surface area contributed by atoms with E-state index in [-0.39, 0.29) is 6.04 Å². The van der Waals surface area contributed by atoms with Gasteiger partial charge >= 0.3 is 0 Å². The quantitative estimate of drug-likeness (QED) is 0.771. The summed E-state index contributed by atoms with van der Waals surface area (Å²) in [7, 11) is -3.24. The number of piperazine rings is 1. The number of hydrogen-bond donors (Lipinski definition) is 1. The highest BCUT2D eigenvalue weighted by Crippen LogP contribution is 2.22. The Morgan fingerprint density at radius 3 is 2.10 bits per heavy atom. The molecule has 1 atom stereocenters. The number of rotatable bonds is 5. The molecule has 0 bridgehead atoms. The van der Waals surface area contributed by atoms with Crippen molar-refractivity contribution in [2.45, 2.75) is 51.3 Å². The lowest BCUT2D eigenvalue weighted by atomic mass is 10.1. The maximum atomic E-state index is 12.4. The maximum absolute atomic E-state index is 12.4. The van der Waals surface area contributed by atoms with E-state index in [9.17, 15) is 8.42 Å². The minimum Gasteiger partial charge on any atom is -0.392 e. The SMILES string of the molecule is CCCC(C(N)=S)N1CCN(S(=O)(=O)C(C)(C)C)CC1. The molecule has 0 aromatic rings. The van der Waals surface area contributed by atoms with Crippen LogP contribution in [0.2, 0.25) is 0 Å². The van der Waals surface area contributed by atoms with Gasteiger partial charge < -0.3 is 5.73 Å². The van der Waals surface area contributed by atoms with Crippen molar-refractivity contribution < 1.29 is 8.42 Å². The molecule has 0 saturated carbocycles. The van der Waals surface area contributed by atoms with Gasteiger partial charge in [0.15, 0.2) is 0 Å². The van der Waals surface area contributed by atoms with Crippen molar-refractivity contribution in [1.82, 2.24) is 9.21 Å². The Labute approximate surface area is 128 Å². The zero-order valence-electron chi connectivity index (χ0n) is 12.9. The average Bonchev–Trinajstić information content (AvgIpc) is 2.34. The molecule has 118 valence electrons.